The fourth-order valence-electron chi connectivity index (χ4n) is 1.58. The first-order valence-corrected chi connectivity index (χ1v) is 3.85. The van der Waals surface area contributed by atoms with Gasteiger partial charge >= 0.3 is 0 Å². The minimum Gasteiger partial charge on any atom is -0.303 e. The Morgan fingerprint density at radius 2 is 1.30 bits per heavy atom. The third-order valence-corrected chi connectivity index (χ3v) is 2.19. The molecular weight excluding hydrogens is 128 g/mol. The largest absolute Gasteiger partial charge is 0.303 e. The van der Waals surface area contributed by atoms with Crippen LogP contribution in [0.3, 0.4) is 0 Å². The highest BCUT2D eigenvalue weighted by Gasteiger charge is 2.25. The van der Waals surface area contributed by atoms with Crippen LogP contribution in [0.2, 0.25) is 0 Å². The van der Waals surface area contributed by atoms with Gasteiger partial charge in [-0.1, -0.05) is 0 Å². The first-order chi connectivity index (χ1) is 4.97. The Balaban J connectivity index is 1.93. The second-order valence-corrected chi connectivity index (χ2v) is 2.88. The topological polar surface area (TPSA) is 48.1 Å². The molecule has 10 heavy (non-hydrogen) atoms. The van der Waals surface area contributed by atoms with Crippen molar-refractivity contribution in [2.75, 3.05) is 26.4 Å². The van der Waals surface area contributed by atoms with E-state index >= 15 is 0 Å². The van der Waals surface area contributed by atoms with E-state index in [4.69, 9.17) is 0 Å². The molecule has 0 aromatic carbocycles. The summed E-state index contributed by atoms with van der Waals surface area (Å²) in [5.74, 6) is 0. The summed E-state index contributed by atoms with van der Waals surface area (Å²) in [6.07, 6.45) is 0. The molecule has 0 saturated carbocycles. The van der Waals surface area contributed by atoms with E-state index in [0.717, 1.165) is 26.4 Å². The van der Waals surface area contributed by atoms with Crippen LogP contribution in [-0.2, 0) is 0 Å². The molecule has 2 heterocycles. The summed E-state index contributed by atoms with van der Waals surface area (Å²) in [6.45, 7) is 4.09. The Morgan fingerprint density at radius 3 is 1.80 bits per heavy atom. The summed E-state index contributed by atoms with van der Waals surface area (Å²) in [6, 6.07) is 1.24. The van der Waals surface area contributed by atoms with Gasteiger partial charge in [-0.05, 0) is 0 Å². The zero-order chi connectivity index (χ0) is 6.81. The van der Waals surface area contributed by atoms with Crippen molar-refractivity contribution < 1.29 is 0 Å². The highest BCUT2D eigenvalue weighted by Crippen LogP contribution is 1.98. The number of hydrogen-bond acceptors (Lipinski definition) is 4. The predicted octanol–water partition coefficient (Wildman–Crippen LogP) is -1.98. The molecule has 0 aliphatic carbocycles. The van der Waals surface area contributed by atoms with Crippen molar-refractivity contribution >= 4 is 0 Å². The zero-order valence-electron chi connectivity index (χ0n) is 5.98. The lowest BCUT2D eigenvalue weighted by Crippen LogP contribution is -2.67. The summed E-state index contributed by atoms with van der Waals surface area (Å²) < 4.78 is 0. The highest BCUT2D eigenvalue weighted by molar-refractivity contribution is 4.91. The van der Waals surface area contributed by atoms with Gasteiger partial charge in [0.1, 0.15) is 0 Å². The average Bonchev–Trinajstić information content (AvgIpc) is 2.05. The number of fused-ring (bicyclic) bond motifs is 1. The summed E-state index contributed by atoms with van der Waals surface area (Å²) in [4.78, 5) is 0. The van der Waals surface area contributed by atoms with Gasteiger partial charge in [-0.2, -0.15) is 0 Å². The molecule has 2 aliphatic rings. The van der Waals surface area contributed by atoms with E-state index in [-0.39, 0.29) is 0 Å². The Labute approximate surface area is 60.8 Å². The van der Waals surface area contributed by atoms with Gasteiger partial charge in [0.25, 0.3) is 0 Å². The zero-order valence-corrected chi connectivity index (χ0v) is 5.98. The number of hydrogen-bond donors (Lipinski definition) is 4. The molecule has 0 bridgehead atoms. The molecule has 2 aliphatic heterocycles. The fourth-order valence-corrected chi connectivity index (χ4v) is 1.58. The number of nitrogens with one attached hydrogen (secondary N) is 4. The first-order valence-electron chi connectivity index (χ1n) is 3.85. The van der Waals surface area contributed by atoms with Crippen molar-refractivity contribution in [1.29, 1.82) is 0 Å². The first kappa shape index (κ1) is 6.54. The summed E-state index contributed by atoms with van der Waals surface area (Å²) in [5.41, 5.74) is 0. The van der Waals surface area contributed by atoms with Gasteiger partial charge in [0.2, 0.25) is 0 Å². The average molecular weight is 142 g/mol. The van der Waals surface area contributed by atoms with Gasteiger partial charge < -0.3 is 10.6 Å². The molecule has 58 valence electrons. The van der Waals surface area contributed by atoms with Crippen molar-refractivity contribution in [1.82, 2.24) is 21.3 Å². The summed E-state index contributed by atoms with van der Waals surface area (Å²) in [5, 5.41) is 13.3. The van der Waals surface area contributed by atoms with Crippen molar-refractivity contribution in [3.63, 3.8) is 0 Å². The van der Waals surface area contributed by atoms with E-state index < -0.39 is 0 Å². The van der Waals surface area contributed by atoms with E-state index in [0.29, 0.717) is 12.1 Å². The maximum atomic E-state index is 3.38. The van der Waals surface area contributed by atoms with Gasteiger partial charge in [-0.3, -0.25) is 10.6 Å². The van der Waals surface area contributed by atoms with Crippen molar-refractivity contribution in [3.8, 4) is 0 Å². The van der Waals surface area contributed by atoms with Crippen LogP contribution >= 0.6 is 0 Å². The Hall–Kier alpha value is -0.160. The quantitative estimate of drug-likeness (QED) is 0.317. The number of rotatable bonds is 0. The van der Waals surface area contributed by atoms with Crippen LogP contribution in [0.1, 0.15) is 0 Å². The third kappa shape index (κ3) is 1.15. The monoisotopic (exact) mass is 142 g/mol. The van der Waals surface area contributed by atoms with Gasteiger partial charge in [-0.15, -0.1) is 0 Å². The third-order valence-electron chi connectivity index (χ3n) is 2.19. The van der Waals surface area contributed by atoms with Crippen LogP contribution < -0.4 is 21.3 Å². The molecule has 4 heteroatoms. The second-order valence-electron chi connectivity index (χ2n) is 2.88. The van der Waals surface area contributed by atoms with Gasteiger partial charge in [0.05, 0.1) is 0 Å². The van der Waals surface area contributed by atoms with Gasteiger partial charge in [0, 0.05) is 38.5 Å². The van der Waals surface area contributed by atoms with E-state index in [9.17, 15) is 0 Å². The molecule has 0 radical (unpaired) electrons. The normalized spacial score (nSPS) is 40.8. The van der Waals surface area contributed by atoms with Crippen molar-refractivity contribution in [2.45, 2.75) is 12.1 Å². The molecular formula is C6H14N4. The molecule has 2 rings (SSSR count). The smallest absolute Gasteiger partial charge is 0.0457 e. The summed E-state index contributed by atoms with van der Waals surface area (Å²) >= 11 is 0. The summed E-state index contributed by atoms with van der Waals surface area (Å²) in [7, 11) is 0. The molecule has 2 saturated heterocycles. The van der Waals surface area contributed by atoms with E-state index in [1.807, 2.05) is 0 Å². The van der Waals surface area contributed by atoms with Crippen LogP contribution in [0.25, 0.3) is 0 Å². The van der Waals surface area contributed by atoms with Gasteiger partial charge in [-0.25, -0.2) is 0 Å². The van der Waals surface area contributed by atoms with Gasteiger partial charge in [0.15, 0.2) is 0 Å². The molecule has 2 fully saturated rings. The van der Waals surface area contributed by atoms with Crippen LogP contribution in [0.5, 0.6) is 0 Å². The fraction of sp³-hybridized carbons (Fsp3) is 1.00. The van der Waals surface area contributed by atoms with E-state index in [1.165, 1.54) is 0 Å². The molecule has 0 aromatic heterocycles. The minimum absolute atomic E-state index is 0.620. The van der Waals surface area contributed by atoms with E-state index in [1.54, 1.807) is 0 Å². The molecule has 4 nitrogen and oxygen atoms in total. The van der Waals surface area contributed by atoms with Crippen LogP contribution in [0.15, 0.2) is 0 Å². The lowest BCUT2D eigenvalue weighted by Gasteiger charge is -2.37. The SMILES string of the molecule is C1NC[C@H]2NCNC[C@H]2N1. The molecule has 0 unspecified atom stereocenters. The molecule has 2 atom stereocenters. The lowest BCUT2D eigenvalue weighted by atomic mass is 10.1. The maximum Gasteiger partial charge on any atom is 0.0457 e. The van der Waals surface area contributed by atoms with Crippen LogP contribution in [0, 0.1) is 0 Å². The minimum atomic E-state index is 0.620. The Kier molecular flexibility index (Phi) is 1.86. The Morgan fingerprint density at radius 1 is 0.800 bits per heavy atom. The van der Waals surface area contributed by atoms with Crippen LogP contribution in [-0.4, -0.2) is 38.5 Å². The molecule has 0 spiro atoms. The lowest BCUT2D eigenvalue weighted by molar-refractivity contribution is 0.250. The van der Waals surface area contributed by atoms with Crippen molar-refractivity contribution in [3.05, 3.63) is 0 Å². The second kappa shape index (κ2) is 2.84. The maximum absolute atomic E-state index is 3.38. The Bertz CT molecular complexity index is 90.3. The van der Waals surface area contributed by atoms with Crippen LogP contribution in [0.4, 0.5) is 0 Å². The van der Waals surface area contributed by atoms with E-state index in [2.05, 4.69) is 21.3 Å². The molecule has 0 amide bonds. The standard InChI is InChI=1S/C6H14N4/c1-5-6(10-3-7-1)2-8-4-9-5/h5-10H,1-4H2/t5-,6-/m1/s1. The molecule has 0 aromatic rings. The molecule has 4 N–H and O–H groups in total. The van der Waals surface area contributed by atoms with Crippen molar-refractivity contribution in [2.24, 2.45) is 0 Å². The predicted molar refractivity (Wildman–Crippen MR) is 39.6 cm³/mol. The highest BCUT2D eigenvalue weighted by atomic mass is 15.2.